The number of rotatable bonds is 9. The fourth-order valence-corrected chi connectivity index (χ4v) is 6.22. The second-order valence-electron chi connectivity index (χ2n) is 11.4. The van der Waals surface area contributed by atoms with Crippen LogP contribution in [0.15, 0.2) is 67.9 Å². The molecule has 0 radical (unpaired) electrons. The quantitative estimate of drug-likeness (QED) is 0.112. The average Bonchev–Trinajstić information content (AvgIpc) is 3.60. The molecule has 0 aliphatic carbocycles. The van der Waals surface area contributed by atoms with Crippen molar-refractivity contribution in [2.75, 3.05) is 37.7 Å². The molecule has 1 N–H and O–H groups in total. The number of carbonyl (C=O) groups is 1. The van der Waals surface area contributed by atoms with Gasteiger partial charge in [0.05, 0.1) is 10.9 Å². The smallest absolute Gasteiger partial charge is 0.386 e. The number of pyridine rings is 1. The van der Waals surface area contributed by atoms with Gasteiger partial charge in [-0.1, -0.05) is 36.4 Å². The van der Waals surface area contributed by atoms with Crippen LogP contribution >= 0.6 is 0 Å². The number of alkyl halides is 3. The molecule has 0 spiro atoms. The molecule has 0 saturated carbocycles. The van der Waals surface area contributed by atoms with Gasteiger partial charge in [0.25, 0.3) is 0 Å². The van der Waals surface area contributed by atoms with Crippen molar-refractivity contribution in [1.82, 2.24) is 19.9 Å². The number of hydrogen-bond acceptors (Lipinski definition) is 8. The first-order chi connectivity index (χ1) is 22.4. The number of aromatic nitrogens is 3. The van der Waals surface area contributed by atoms with E-state index < -0.39 is 12.0 Å². The van der Waals surface area contributed by atoms with Crippen LogP contribution in [0.3, 0.4) is 0 Å². The summed E-state index contributed by atoms with van der Waals surface area (Å²) in [6.07, 6.45) is 6.35. The van der Waals surface area contributed by atoms with Gasteiger partial charge in [-0.15, -0.1) is 13.2 Å². The van der Waals surface area contributed by atoms with Gasteiger partial charge in [0.1, 0.15) is 35.7 Å². The molecule has 2 fully saturated rings. The highest BCUT2D eigenvalue weighted by molar-refractivity contribution is 5.99. The van der Waals surface area contributed by atoms with Gasteiger partial charge >= 0.3 is 12.2 Å². The van der Waals surface area contributed by atoms with Gasteiger partial charge in [-0.25, -0.2) is 4.39 Å². The molecule has 2 aliphatic rings. The molecule has 250 valence electrons. The lowest BCUT2D eigenvalue weighted by atomic mass is 9.95. The monoisotopic (exact) mass is 653 g/mol. The summed E-state index contributed by atoms with van der Waals surface area (Å²) in [6.45, 7) is 13.0. The van der Waals surface area contributed by atoms with Crippen molar-refractivity contribution in [2.45, 2.75) is 51.2 Å². The summed E-state index contributed by atoms with van der Waals surface area (Å²) in [6, 6.07) is 10.9. The second-order valence-corrected chi connectivity index (χ2v) is 11.4. The van der Waals surface area contributed by atoms with E-state index >= 15 is 4.39 Å². The minimum atomic E-state index is -4.00. The third-order valence-corrected chi connectivity index (χ3v) is 8.02. The molecule has 12 heteroatoms. The highest BCUT2D eigenvalue weighted by atomic mass is 19.4. The Bertz CT molecular complexity index is 1700. The summed E-state index contributed by atoms with van der Waals surface area (Å²) < 4.78 is 53.7. The molecule has 0 atom stereocenters. The molecule has 47 heavy (non-hydrogen) atoms. The number of aromatic hydroxyl groups is 1. The van der Waals surface area contributed by atoms with Gasteiger partial charge in [-0.3, -0.25) is 9.88 Å². The summed E-state index contributed by atoms with van der Waals surface area (Å²) >= 11 is 0. The van der Waals surface area contributed by atoms with Gasteiger partial charge < -0.3 is 19.5 Å². The lowest BCUT2D eigenvalue weighted by Gasteiger charge is -2.31. The first kappa shape index (κ1) is 35.3. The predicted molar refractivity (Wildman–Crippen MR) is 176 cm³/mol. The number of benzene rings is 2. The van der Waals surface area contributed by atoms with E-state index in [0.717, 1.165) is 55.8 Å². The van der Waals surface area contributed by atoms with Gasteiger partial charge in [-0.2, -0.15) is 23.1 Å². The Morgan fingerprint density at radius 2 is 1.68 bits per heavy atom. The summed E-state index contributed by atoms with van der Waals surface area (Å²) in [5, 5.41) is 12.4. The van der Waals surface area contributed by atoms with Crippen LogP contribution in [0.2, 0.25) is 0 Å². The zero-order valence-electron chi connectivity index (χ0n) is 26.6. The number of anilines is 1. The fourth-order valence-electron chi connectivity index (χ4n) is 6.22. The fraction of sp³-hybridized carbons (Fsp3) is 0.371. The van der Waals surface area contributed by atoms with E-state index in [1.54, 1.807) is 24.4 Å². The summed E-state index contributed by atoms with van der Waals surface area (Å²) in [5.74, 6) is -0.0337. The van der Waals surface area contributed by atoms with Crippen LogP contribution in [-0.4, -0.2) is 75.7 Å². The number of ether oxygens (including phenoxy) is 1. The molecular weight excluding hydrogens is 614 g/mol. The summed E-state index contributed by atoms with van der Waals surface area (Å²) in [4.78, 5) is 27.1. The van der Waals surface area contributed by atoms with Gasteiger partial charge in [0.2, 0.25) is 0 Å². The Morgan fingerprint density at radius 1 is 1.06 bits per heavy atom. The van der Waals surface area contributed by atoms with Gasteiger partial charge in [0, 0.05) is 31.8 Å². The van der Waals surface area contributed by atoms with E-state index in [2.05, 4.69) is 28.0 Å². The van der Waals surface area contributed by atoms with Crippen molar-refractivity contribution in [3.63, 3.8) is 0 Å². The van der Waals surface area contributed by atoms with E-state index in [1.165, 1.54) is 13.0 Å². The number of nitrogens with zero attached hydrogens (tertiary/aromatic N) is 5. The maximum absolute atomic E-state index is 16.4. The van der Waals surface area contributed by atoms with Crippen molar-refractivity contribution in [3.8, 4) is 23.0 Å². The number of carbonyl (C=O) groups excluding carboxylic acids is 1. The molecule has 2 aliphatic heterocycles. The first-order valence-electron chi connectivity index (χ1n) is 15.3. The van der Waals surface area contributed by atoms with E-state index in [4.69, 9.17) is 14.5 Å². The third-order valence-electron chi connectivity index (χ3n) is 8.02. The largest absolute Gasteiger partial charge is 0.508 e. The maximum atomic E-state index is 16.4. The first-order valence-corrected chi connectivity index (χ1v) is 15.3. The minimum absolute atomic E-state index is 0.00281. The second kappa shape index (κ2) is 15.3. The predicted octanol–water partition coefficient (Wildman–Crippen LogP) is 7.65. The van der Waals surface area contributed by atoms with Crippen molar-refractivity contribution >= 4 is 33.8 Å². The molecule has 2 saturated heterocycles. The van der Waals surface area contributed by atoms with Crippen LogP contribution < -0.4 is 9.64 Å². The Labute approximate surface area is 271 Å². The molecule has 0 unspecified atom stereocenters. The third kappa shape index (κ3) is 8.42. The lowest BCUT2D eigenvalue weighted by Crippen LogP contribution is -2.43. The Morgan fingerprint density at radius 3 is 2.30 bits per heavy atom. The molecular formula is C35H39F4N5O3. The van der Waals surface area contributed by atoms with Crippen LogP contribution in [0.4, 0.5) is 23.4 Å². The molecule has 4 aromatic rings. The SMILES string of the molecule is C=CCN(CC=C)c1nc(OCC23CCCN2CCC3)nc2c(F)c(-c3cc(O)cc4ccccc34)ncc12.CC(F)(F)F.CC=O. The molecule has 0 bridgehead atoms. The van der Waals surface area contributed by atoms with Crippen molar-refractivity contribution in [3.05, 3.63) is 73.7 Å². The molecule has 2 aromatic heterocycles. The van der Waals surface area contributed by atoms with Gasteiger partial charge in [-0.05, 0) is 68.6 Å². The number of halogens is 4. The van der Waals surface area contributed by atoms with E-state index in [0.29, 0.717) is 36.5 Å². The Hall–Kier alpha value is -4.58. The molecule has 6 rings (SSSR count). The van der Waals surface area contributed by atoms with Crippen LogP contribution in [0.5, 0.6) is 11.8 Å². The number of aldehydes is 1. The van der Waals surface area contributed by atoms with Gasteiger partial charge in [0.15, 0.2) is 5.82 Å². The molecule has 0 amide bonds. The zero-order valence-corrected chi connectivity index (χ0v) is 26.6. The highest BCUT2D eigenvalue weighted by Gasteiger charge is 2.45. The van der Waals surface area contributed by atoms with E-state index in [9.17, 15) is 18.3 Å². The van der Waals surface area contributed by atoms with Crippen molar-refractivity contribution < 1.29 is 32.2 Å². The van der Waals surface area contributed by atoms with Crippen molar-refractivity contribution in [2.24, 2.45) is 0 Å². The van der Waals surface area contributed by atoms with Crippen LogP contribution in [-0.2, 0) is 4.79 Å². The van der Waals surface area contributed by atoms with Crippen LogP contribution in [0.1, 0.15) is 39.5 Å². The standard InChI is InChI=1S/C31H32FN5O2.C2H3F3.C2H4O/c1-3-13-36(14-4-2)29-25-19-33-27(24-18-22(38)17-21-9-5-6-10-23(21)24)26(32)28(25)34-30(35-29)39-20-31-11-7-15-37(31)16-8-12-31;1-2(3,4)5;1-2-3/h3-6,9-10,17-19,38H,1-2,7-8,11-16,20H2;1H3;2H,1H3. The van der Waals surface area contributed by atoms with E-state index in [1.807, 2.05) is 29.2 Å². The number of phenolic OH excluding ortho intramolecular Hbond substituents is 1. The summed E-state index contributed by atoms with van der Waals surface area (Å²) in [7, 11) is 0. The Kier molecular flexibility index (Phi) is 11.5. The zero-order chi connectivity index (χ0) is 34.2. The number of phenols is 1. The van der Waals surface area contributed by atoms with E-state index in [-0.39, 0.29) is 35.4 Å². The maximum Gasteiger partial charge on any atom is 0.386 e. The normalized spacial score (nSPS) is 15.2. The molecule has 4 heterocycles. The lowest BCUT2D eigenvalue weighted by molar-refractivity contribution is -0.110. The van der Waals surface area contributed by atoms with Crippen LogP contribution in [0, 0.1) is 5.82 Å². The highest BCUT2D eigenvalue weighted by Crippen LogP contribution is 2.40. The topological polar surface area (TPSA) is 91.7 Å². The summed E-state index contributed by atoms with van der Waals surface area (Å²) in [5.41, 5.74) is 0.731. The average molecular weight is 654 g/mol. The molecule has 2 aromatic carbocycles. The minimum Gasteiger partial charge on any atom is -0.508 e. The Balaban J connectivity index is 0.000000564. The molecule has 8 nitrogen and oxygen atoms in total. The van der Waals surface area contributed by atoms with Crippen LogP contribution in [0.25, 0.3) is 32.9 Å². The van der Waals surface area contributed by atoms with Crippen molar-refractivity contribution in [1.29, 1.82) is 0 Å². The number of fused-ring (bicyclic) bond motifs is 3. The number of hydrogen-bond donors (Lipinski definition) is 1.